The van der Waals surface area contributed by atoms with E-state index in [9.17, 15) is 0 Å². The molecule has 92 valence electrons. The van der Waals surface area contributed by atoms with Crippen LogP contribution in [0.15, 0.2) is 24.3 Å². The first-order chi connectivity index (χ1) is 8.09. The van der Waals surface area contributed by atoms with Gasteiger partial charge in [0.1, 0.15) is 5.75 Å². The number of hydrogen-bond donors (Lipinski definition) is 1. The van der Waals surface area contributed by atoms with Gasteiger partial charge in [-0.2, -0.15) is 0 Å². The zero-order chi connectivity index (χ0) is 12.1. The summed E-state index contributed by atoms with van der Waals surface area (Å²) in [7, 11) is 0. The summed E-state index contributed by atoms with van der Waals surface area (Å²) in [5, 5.41) is 0. The van der Waals surface area contributed by atoms with Crippen molar-refractivity contribution in [2.45, 2.75) is 26.7 Å². The van der Waals surface area contributed by atoms with Crippen LogP contribution in [0, 0.1) is 16.7 Å². The number of nitrogens with two attached hydrogens (primary N) is 1. The lowest BCUT2D eigenvalue weighted by atomic mass is 9.78. The molecule has 1 heterocycles. The van der Waals surface area contributed by atoms with Gasteiger partial charge in [-0.1, -0.05) is 32.0 Å². The van der Waals surface area contributed by atoms with Gasteiger partial charge in [0.15, 0.2) is 0 Å². The molecule has 1 aliphatic heterocycles. The SMILES string of the molecule is CC1(C)CC1(CN)C1COc2ccccc2C1. The Kier molecular flexibility index (Phi) is 2.27. The Bertz CT molecular complexity index is 440. The maximum absolute atomic E-state index is 6.04. The van der Waals surface area contributed by atoms with E-state index in [4.69, 9.17) is 10.5 Å². The first-order valence-corrected chi connectivity index (χ1v) is 6.50. The Morgan fingerprint density at radius 1 is 1.35 bits per heavy atom. The summed E-state index contributed by atoms with van der Waals surface area (Å²) in [6.07, 6.45) is 2.36. The highest BCUT2D eigenvalue weighted by Crippen LogP contribution is 2.67. The fourth-order valence-corrected chi connectivity index (χ4v) is 3.64. The summed E-state index contributed by atoms with van der Waals surface area (Å²) in [5.74, 6) is 1.65. The van der Waals surface area contributed by atoms with Crippen LogP contribution in [0.5, 0.6) is 5.75 Å². The topological polar surface area (TPSA) is 35.2 Å². The minimum absolute atomic E-state index is 0.306. The van der Waals surface area contributed by atoms with Gasteiger partial charge in [-0.3, -0.25) is 0 Å². The van der Waals surface area contributed by atoms with E-state index in [1.807, 2.05) is 6.07 Å². The molecular weight excluding hydrogens is 210 g/mol. The highest BCUT2D eigenvalue weighted by atomic mass is 16.5. The van der Waals surface area contributed by atoms with E-state index >= 15 is 0 Å². The number of hydrogen-bond acceptors (Lipinski definition) is 2. The zero-order valence-electron chi connectivity index (χ0n) is 10.7. The van der Waals surface area contributed by atoms with Gasteiger partial charge in [-0.05, 0) is 41.8 Å². The normalized spacial score (nSPS) is 33.7. The number of rotatable bonds is 2. The second kappa shape index (κ2) is 3.49. The van der Waals surface area contributed by atoms with Crippen LogP contribution in [0.1, 0.15) is 25.8 Å². The van der Waals surface area contributed by atoms with E-state index in [-0.39, 0.29) is 0 Å². The van der Waals surface area contributed by atoms with E-state index in [0.29, 0.717) is 16.7 Å². The molecule has 2 atom stereocenters. The highest BCUT2D eigenvalue weighted by molar-refractivity contribution is 5.36. The third-order valence-corrected chi connectivity index (χ3v) is 5.00. The first kappa shape index (κ1) is 11.1. The van der Waals surface area contributed by atoms with Crippen LogP contribution >= 0.6 is 0 Å². The predicted molar refractivity (Wildman–Crippen MR) is 69.0 cm³/mol. The van der Waals surface area contributed by atoms with E-state index in [0.717, 1.165) is 25.3 Å². The highest BCUT2D eigenvalue weighted by Gasteiger charge is 2.64. The fourth-order valence-electron chi connectivity index (χ4n) is 3.64. The van der Waals surface area contributed by atoms with Crippen molar-refractivity contribution >= 4 is 0 Å². The van der Waals surface area contributed by atoms with E-state index in [1.54, 1.807) is 0 Å². The molecule has 0 saturated heterocycles. The Balaban J connectivity index is 1.86. The number of ether oxygens (including phenoxy) is 1. The quantitative estimate of drug-likeness (QED) is 0.849. The molecule has 0 spiro atoms. The Morgan fingerprint density at radius 2 is 2.06 bits per heavy atom. The monoisotopic (exact) mass is 231 g/mol. The molecule has 1 saturated carbocycles. The average molecular weight is 231 g/mol. The third kappa shape index (κ3) is 1.50. The lowest BCUT2D eigenvalue weighted by molar-refractivity contribution is 0.137. The summed E-state index contributed by atoms with van der Waals surface area (Å²) in [6.45, 7) is 6.29. The summed E-state index contributed by atoms with van der Waals surface area (Å²) in [4.78, 5) is 0. The van der Waals surface area contributed by atoms with Crippen molar-refractivity contribution in [3.8, 4) is 5.75 Å². The maximum atomic E-state index is 6.04. The van der Waals surface area contributed by atoms with Gasteiger partial charge in [-0.15, -0.1) is 0 Å². The molecule has 2 aliphatic rings. The summed E-state index contributed by atoms with van der Waals surface area (Å²) in [5.41, 5.74) is 8.08. The van der Waals surface area contributed by atoms with Crippen LogP contribution in [0.2, 0.25) is 0 Å². The van der Waals surface area contributed by atoms with Crippen LogP contribution in [-0.4, -0.2) is 13.2 Å². The number of para-hydroxylation sites is 1. The molecule has 3 rings (SSSR count). The van der Waals surface area contributed by atoms with E-state index in [2.05, 4.69) is 32.0 Å². The minimum Gasteiger partial charge on any atom is -0.493 e. The van der Waals surface area contributed by atoms with Crippen LogP contribution in [-0.2, 0) is 6.42 Å². The van der Waals surface area contributed by atoms with E-state index < -0.39 is 0 Å². The van der Waals surface area contributed by atoms with Gasteiger partial charge in [0, 0.05) is 5.92 Å². The second-order valence-electron chi connectivity index (χ2n) is 6.24. The minimum atomic E-state index is 0.306. The van der Waals surface area contributed by atoms with Crippen LogP contribution in [0.4, 0.5) is 0 Å². The van der Waals surface area contributed by atoms with Gasteiger partial charge < -0.3 is 10.5 Å². The number of benzene rings is 1. The van der Waals surface area contributed by atoms with Crippen molar-refractivity contribution in [3.05, 3.63) is 29.8 Å². The molecule has 0 aromatic heterocycles. The summed E-state index contributed by atoms with van der Waals surface area (Å²) >= 11 is 0. The molecule has 17 heavy (non-hydrogen) atoms. The van der Waals surface area contributed by atoms with Crippen molar-refractivity contribution in [3.63, 3.8) is 0 Å². The standard InChI is InChI=1S/C15H21NO/c1-14(2)9-15(14,10-16)12-7-11-5-3-4-6-13(11)17-8-12/h3-6,12H,7-10,16H2,1-2H3. The van der Waals surface area contributed by atoms with Crippen molar-refractivity contribution in [2.75, 3.05) is 13.2 Å². The summed E-state index contributed by atoms with van der Waals surface area (Å²) < 4.78 is 5.90. The molecule has 0 radical (unpaired) electrons. The van der Waals surface area contributed by atoms with Crippen molar-refractivity contribution in [1.82, 2.24) is 0 Å². The Labute approximate surface area is 103 Å². The van der Waals surface area contributed by atoms with Gasteiger partial charge in [0.2, 0.25) is 0 Å². The van der Waals surface area contributed by atoms with Crippen LogP contribution < -0.4 is 10.5 Å². The zero-order valence-corrected chi connectivity index (χ0v) is 10.7. The molecular formula is C15H21NO. The Morgan fingerprint density at radius 3 is 2.71 bits per heavy atom. The first-order valence-electron chi connectivity index (χ1n) is 6.50. The van der Waals surface area contributed by atoms with Gasteiger partial charge >= 0.3 is 0 Å². The van der Waals surface area contributed by atoms with Crippen molar-refractivity contribution < 1.29 is 4.74 Å². The van der Waals surface area contributed by atoms with Crippen LogP contribution in [0.25, 0.3) is 0 Å². The molecule has 2 unspecified atom stereocenters. The molecule has 1 fully saturated rings. The lowest BCUT2D eigenvalue weighted by Gasteiger charge is -2.33. The fraction of sp³-hybridized carbons (Fsp3) is 0.600. The molecule has 1 aromatic rings. The Hall–Kier alpha value is -1.02. The molecule has 0 bridgehead atoms. The van der Waals surface area contributed by atoms with Gasteiger partial charge in [0.25, 0.3) is 0 Å². The largest absolute Gasteiger partial charge is 0.493 e. The van der Waals surface area contributed by atoms with Gasteiger partial charge in [0.05, 0.1) is 6.61 Å². The van der Waals surface area contributed by atoms with Crippen LogP contribution in [0.3, 0.4) is 0 Å². The molecule has 2 heteroatoms. The lowest BCUT2D eigenvalue weighted by Crippen LogP contribution is -2.36. The molecule has 2 nitrogen and oxygen atoms in total. The maximum Gasteiger partial charge on any atom is 0.122 e. The second-order valence-corrected chi connectivity index (χ2v) is 6.24. The van der Waals surface area contributed by atoms with Gasteiger partial charge in [-0.25, -0.2) is 0 Å². The van der Waals surface area contributed by atoms with Crippen molar-refractivity contribution in [1.29, 1.82) is 0 Å². The molecule has 1 aromatic carbocycles. The number of fused-ring (bicyclic) bond motifs is 1. The predicted octanol–water partition coefficient (Wildman–Crippen LogP) is 2.61. The van der Waals surface area contributed by atoms with E-state index in [1.165, 1.54) is 12.0 Å². The third-order valence-electron chi connectivity index (χ3n) is 5.00. The molecule has 0 amide bonds. The average Bonchev–Trinajstić information content (AvgIpc) is 2.92. The van der Waals surface area contributed by atoms with Crippen molar-refractivity contribution in [2.24, 2.45) is 22.5 Å². The molecule has 2 N–H and O–H groups in total. The smallest absolute Gasteiger partial charge is 0.122 e. The summed E-state index contributed by atoms with van der Waals surface area (Å²) in [6, 6.07) is 8.39. The molecule has 1 aliphatic carbocycles.